The number of furan rings is 1. The third kappa shape index (κ3) is 3.82. The first kappa shape index (κ1) is 15.8. The van der Waals surface area contributed by atoms with Gasteiger partial charge in [-0.2, -0.15) is 0 Å². The SMILES string of the molecule is NCc1ccc(C(=O)N(CCc2ccccc2)C2CCCC2)o1. The summed E-state index contributed by atoms with van der Waals surface area (Å²) in [6.45, 7) is 1.05. The van der Waals surface area contributed by atoms with Gasteiger partial charge in [-0.15, -0.1) is 0 Å². The molecule has 0 saturated heterocycles. The van der Waals surface area contributed by atoms with Gasteiger partial charge in [0, 0.05) is 12.6 Å². The second kappa shape index (κ2) is 7.47. The lowest BCUT2D eigenvalue weighted by atomic mass is 10.1. The van der Waals surface area contributed by atoms with Crippen molar-refractivity contribution in [2.75, 3.05) is 6.54 Å². The van der Waals surface area contributed by atoms with E-state index in [2.05, 4.69) is 12.1 Å². The molecule has 2 N–H and O–H groups in total. The van der Waals surface area contributed by atoms with Crippen LogP contribution in [0.5, 0.6) is 0 Å². The first-order valence-corrected chi connectivity index (χ1v) is 8.41. The summed E-state index contributed by atoms with van der Waals surface area (Å²) in [6.07, 6.45) is 5.45. The van der Waals surface area contributed by atoms with Crippen molar-refractivity contribution >= 4 is 5.91 Å². The number of carbonyl (C=O) groups excluding carboxylic acids is 1. The van der Waals surface area contributed by atoms with Crippen LogP contribution in [0.15, 0.2) is 46.9 Å². The van der Waals surface area contributed by atoms with Gasteiger partial charge in [0.05, 0.1) is 6.54 Å². The van der Waals surface area contributed by atoms with Gasteiger partial charge in [-0.1, -0.05) is 43.2 Å². The number of amides is 1. The van der Waals surface area contributed by atoms with E-state index < -0.39 is 0 Å². The Morgan fingerprint density at radius 3 is 2.52 bits per heavy atom. The van der Waals surface area contributed by atoms with Gasteiger partial charge >= 0.3 is 0 Å². The monoisotopic (exact) mass is 312 g/mol. The van der Waals surface area contributed by atoms with Crippen molar-refractivity contribution in [2.24, 2.45) is 5.73 Å². The van der Waals surface area contributed by atoms with Crippen LogP contribution < -0.4 is 5.73 Å². The normalized spacial score (nSPS) is 15.0. The molecule has 0 atom stereocenters. The smallest absolute Gasteiger partial charge is 0.289 e. The van der Waals surface area contributed by atoms with Gasteiger partial charge in [0.2, 0.25) is 0 Å². The van der Waals surface area contributed by atoms with Crippen LogP contribution in [0.25, 0.3) is 0 Å². The highest BCUT2D eigenvalue weighted by Crippen LogP contribution is 2.25. The molecule has 1 aliphatic rings. The molecule has 4 heteroatoms. The Kier molecular flexibility index (Phi) is 5.13. The zero-order chi connectivity index (χ0) is 16.1. The summed E-state index contributed by atoms with van der Waals surface area (Å²) in [6, 6.07) is 14.2. The predicted molar refractivity (Wildman–Crippen MR) is 90.0 cm³/mol. The first-order valence-electron chi connectivity index (χ1n) is 8.41. The summed E-state index contributed by atoms with van der Waals surface area (Å²) >= 11 is 0. The minimum absolute atomic E-state index is 0.00692. The number of hydrogen-bond acceptors (Lipinski definition) is 3. The molecular weight excluding hydrogens is 288 g/mol. The lowest BCUT2D eigenvalue weighted by Gasteiger charge is -2.28. The lowest BCUT2D eigenvalue weighted by molar-refractivity contribution is 0.0649. The van der Waals surface area contributed by atoms with Crippen LogP contribution in [0.3, 0.4) is 0 Å². The summed E-state index contributed by atoms with van der Waals surface area (Å²) in [5.74, 6) is 1.06. The van der Waals surface area contributed by atoms with E-state index in [1.807, 2.05) is 23.1 Å². The highest BCUT2D eigenvalue weighted by molar-refractivity contribution is 5.91. The topological polar surface area (TPSA) is 59.5 Å². The number of nitrogens with two attached hydrogens (primary N) is 1. The van der Waals surface area contributed by atoms with Gasteiger partial charge in [0.1, 0.15) is 5.76 Å². The Bertz CT molecular complexity index is 630. The fraction of sp³-hybridized carbons (Fsp3) is 0.421. The third-order valence-corrected chi connectivity index (χ3v) is 4.58. The van der Waals surface area contributed by atoms with Crippen LogP contribution in [-0.4, -0.2) is 23.4 Å². The molecule has 0 spiro atoms. The molecule has 1 aromatic carbocycles. The maximum absolute atomic E-state index is 12.9. The number of hydrogen-bond donors (Lipinski definition) is 1. The van der Waals surface area contributed by atoms with Crippen molar-refractivity contribution < 1.29 is 9.21 Å². The highest BCUT2D eigenvalue weighted by atomic mass is 16.4. The molecule has 23 heavy (non-hydrogen) atoms. The number of carbonyl (C=O) groups is 1. The third-order valence-electron chi connectivity index (χ3n) is 4.58. The molecule has 3 rings (SSSR count). The maximum atomic E-state index is 12.9. The zero-order valence-corrected chi connectivity index (χ0v) is 13.4. The predicted octanol–water partition coefficient (Wildman–Crippen LogP) is 3.37. The van der Waals surface area contributed by atoms with Gasteiger partial charge in [-0.05, 0) is 37.0 Å². The van der Waals surface area contributed by atoms with Gasteiger partial charge in [-0.25, -0.2) is 0 Å². The molecule has 122 valence electrons. The standard InChI is InChI=1S/C19H24N2O2/c20-14-17-10-11-18(23-17)19(22)21(16-8-4-5-9-16)13-12-15-6-2-1-3-7-15/h1-3,6-7,10-11,16H,4-5,8-9,12-14,20H2. The van der Waals surface area contributed by atoms with Gasteiger partial charge < -0.3 is 15.1 Å². The molecular formula is C19H24N2O2. The number of nitrogens with zero attached hydrogens (tertiary/aromatic N) is 1. The second-order valence-electron chi connectivity index (χ2n) is 6.14. The van der Waals surface area contributed by atoms with Crippen molar-refractivity contribution in [3.05, 3.63) is 59.5 Å². The molecule has 2 aromatic rings. The molecule has 1 fully saturated rings. The number of benzene rings is 1. The Morgan fingerprint density at radius 1 is 1.13 bits per heavy atom. The molecule has 1 heterocycles. The van der Waals surface area contributed by atoms with Crippen molar-refractivity contribution in [2.45, 2.75) is 44.7 Å². The maximum Gasteiger partial charge on any atom is 0.289 e. The summed E-state index contributed by atoms with van der Waals surface area (Å²) in [4.78, 5) is 14.9. The molecule has 0 bridgehead atoms. The van der Waals surface area contributed by atoms with Crippen molar-refractivity contribution in [3.8, 4) is 0 Å². The van der Waals surface area contributed by atoms with Crippen molar-refractivity contribution in [1.29, 1.82) is 0 Å². The van der Waals surface area contributed by atoms with E-state index in [1.165, 1.54) is 18.4 Å². The average molecular weight is 312 g/mol. The van der Waals surface area contributed by atoms with Gasteiger partial charge in [-0.3, -0.25) is 4.79 Å². The Labute approximate surface area is 137 Å². The summed E-state index contributed by atoms with van der Waals surface area (Å²) in [5.41, 5.74) is 6.83. The fourth-order valence-electron chi connectivity index (χ4n) is 3.30. The molecule has 1 saturated carbocycles. The van der Waals surface area contributed by atoms with Crippen LogP contribution in [-0.2, 0) is 13.0 Å². The molecule has 1 amide bonds. The zero-order valence-electron chi connectivity index (χ0n) is 13.4. The fourth-order valence-corrected chi connectivity index (χ4v) is 3.30. The number of rotatable bonds is 6. The molecule has 4 nitrogen and oxygen atoms in total. The molecule has 0 radical (unpaired) electrons. The quantitative estimate of drug-likeness (QED) is 0.889. The Morgan fingerprint density at radius 2 is 1.87 bits per heavy atom. The van der Waals surface area contributed by atoms with Crippen molar-refractivity contribution in [3.63, 3.8) is 0 Å². The Balaban J connectivity index is 1.73. The van der Waals surface area contributed by atoms with E-state index in [0.717, 1.165) is 25.8 Å². The molecule has 1 aromatic heterocycles. The van der Waals surface area contributed by atoms with E-state index in [9.17, 15) is 4.79 Å². The average Bonchev–Trinajstić information content (AvgIpc) is 3.27. The summed E-state index contributed by atoms with van der Waals surface area (Å²) < 4.78 is 5.57. The van der Waals surface area contributed by atoms with E-state index in [1.54, 1.807) is 12.1 Å². The van der Waals surface area contributed by atoms with Crippen LogP contribution in [0.4, 0.5) is 0 Å². The van der Waals surface area contributed by atoms with Crippen LogP contribution in [0, 0.1) is 0 Å². The minimum atomic E-state index is -0.00692. The second-order valence-corrected chi connectivity index (χ2v) is 6.14. The van der Waals surface area contributed by atoms with Gasteiger partial charge in [0.15, 0.2) is 5.76 Å². The van der Waals surface area contributed by atoms with Gasteiger partial charge in [0.25, 0.3) is 5.91 Å². The summed E-state index contributed by atoms with van der Waals surface area (Å²) in [5, 5.41) is 0. The van der Waals surface area contributed by atoms with E-state index in [0.29, 0.717) is 24.1 Å². The summed E-state index contributed by atoms with van der Waals surface area (Å²) in [7, 11) is 0. The lowest BCUT2D eigenvalue weighted by Crippen LogP contribution is -2.40. The van der Waals surface area contributed by atoms with Crippen LogP contribution >= 0.6 is 0 Å². The molecule has 0 unspecified atom stereocenters. The van der Waals surface area contributed by atoms with Crippen LogP contribution in [0.1, 0.15) is 47.6 Å². The largest absolute Gasteiger partial charge is 0.455 e. The van der Waals surface area contributed by atoms with E-state index in [4.69, 9.17) is 10.2 Å². The van der Waals surface area contributed by atoms with Crippen molar-refractivity contribution in [1.82, 2.24) is 4.90 Å². The van der Waals surface area contributed by atoms with E-state index >= 15 is 0 Å². The Hall–Kier alpha value is -2.07. The highest BCUT2D eigenvalue weighted by Gasteiger charge is 2.28. The first-order chi connectivity index (χ1) is 11.3. The van der Waals surface area contributed by atoms with E-state index in [-0.39, 0.29) is 5.91 Å². The molecule has 0 aliphatic heterocycles. The van der Waals surface area contributed by atoms with Crippen LogP contribution in [0.2, 0.25) is 0 Å². The molecule has 1 aliphatic carbocycles. The minimum Gasteiger partial charge on any atom is -0.455 e.